The molecule has 1 atom stereocenters. The molecule has 2 aliphatic rings. The Morgan fingerprint density at radius 1 is 1.44 bits per heavy atom. The molecule has 0 aromatic carbocycles. The van der Waals surface area contributed by atoms with Crippen LogP contribution < -0.4 is 5.32 Å². The zero-order valence-electron chi connectivity index (χ0n) is 9.31. The Morgan fingerprint density at radius 2 is 2.19 bits per heavy atom. The third kappa shape index (κ3) is 4.13. The molecular formula is C10H19ClN2O2S. The van der Waals surface area contributed by atoms with Crippen LogP contribution in [0.15, 0.2) is 0 Å². The van der Waals surface area contributed by atoms with Gasteiger partial charge in [0.2, 0.25) is 5.91 Å². The van der Waals surface area contributed by atoms with Crippen LogP contribution in [0, 0.1) is 0 Å². The number of morpholine rings is 1. The first-order valence-electron chi connectivity index (χ1n) is 5.54. The summed E-state index contributed by atoms with van der Waals surface area (Å²) < 4.78 is 5.52. The summed E-state index contributed by atoms with van der Waals surface area (Å²) in [4.78, 5) is 13.8. The zero-order chi connectivity index (χ0) is 10.5. The maximum absolute atomic E-state index is 11.9. The number of amides is 1. The number of nitrogens with one attached hydrogen (secondary N) is 1. The topological polar surface area (TPSA) is 41.6 Å². The van der Waals surface area contributed by atoms with Crippen molar-refractivity contribution in [1.82, 2.24) is 10.2 Å². The van der Waals surface area contributed by atoms with Gasteiger partial charge in [-0.25, -0.2) is 0 Å². The molecule has 2 rings (SSSR count). The quantitative estimate of drug-likeness (QED) is 0.784. The van der Waals surface area contributed by atoms with E-state index in [1.807, 2.05) is 16.7 Å². The van der Waals surface area contributed by atoms with Crippen LogP contribution in [0.3, 0.4) is 0 Å². The van der Waals surface area contributed by atoms with Gasteiger partial charge in [-0.05, 0) is 0 Å². The van der Waals surface area contributed by atoms with E-state index in [2.05, 4.69) is 5.32 Å². The van der Waals surface area contributed by atoms with E-state index in [1.54, 1.807) is 0 Å². The Balaban J connectivity index is 0.00000128. The van der Waals surface area contributed by atoms with E-state index in [0.29, 0.717) is 6.42 Å². The third-order valence-electron chi connectivity index (χ3n) is 2.77. The molecule has 2 saturated heterocycles. The predicted octanol–water partition coefficient (Wildman–Crippen LogP) is 0.362. The molecule has 0 radical (unpaired) electrons. The van der Waals surface area contributed by atoms with Crippen LogP contribution in [0.25, 0.3) is 0 Å². The van der Waals surface area contributed by atoms with Crippen LogP contribution in [0.4, 0.5) is 0 Å². The highest BCUT2D eigenvalue weighted by Crippen LogP contribution is 2.12. The fourth-order valence-corrected chi connectivity index (χ4v) is 2.79. The van der Waals surface area contributed by atoms with Crippen LogP contribution in [0.5, 0.6) is 0 Å². The minimum absolute atomic E-state index is 0. The average molecular weight is 267 g/mol. The molecule has 0 saturated carbocycles. The Bertz CT molecular complexity index is 219. The first-order valence-corrected chi connectivity index (χ1v) is 6.69. The molecule has 94 valence electrons. The maximum atomic E-state index is 11.9. The van der Waals surface area contributed by atoms with Gasteiger partial charge in [-0.2, -0.15) is 11.8 Å². The smallest absolute Gasteiger partial charge is 0.225 e. The second-order valence-corrected chi connectivity index (χ2v) is 5.12. The molecule has 0 aromatic heterocycles. The Hall–Kier alpha value is 0.0300. The lowest BCUT2D eigenvalue weighted by Gasteiger charge is -2.29. The van der Waals surface area contributed by atoms with Gasteiger partial charge in [0.05, 0.1) is 19.1 Å². The lowest BCUT2D eigenvalue weighted by molar-refractivity contribution is -0.134. The van der Waals surface area contributed by atoms with E-state index < -0.39 is 0 Å². The molecule has 1 amide bonds. The van der Waals surface area contributed by atoms with Crippen molar-refractivity contribution in [2.75, 3.05) is 44.3 Å². The van der Waals surface area contributed by atoms with E-state index in [9.17, 15) is 4.79 Å². The van der Waals surface area contributed by atoms with Crippen molar-refractivity contribution in [3.63, 3.8) is 0 Å². The normalized spacial score (nSPS) is 26.0. The Morgan fingerprint density at radius 3 is 2.81 bits per heavy atom. The van der Waals surface area contributed by atoms with Crippen molar-refractivity contribution in [1.29, 1.82) is 0 Å². The molecule has 16 heavy (non-hydrogen) atoms. The summed E-state index contributed by atoms with van der Waals surface area (Å²) in [6.45, 7) is 4.26. The number of ether oxygens (including phenoxy) is 1. The van der Waals surface area contributed by atoms with Crippen LogP contribution in [0.2, 0.25) is 0 Å². The van der Waals surface area contributed by atoms with Gasteiger partial charge in [0.25, 0.3) is 0 Å². The first-order chi connectivity index (χ1) is 7.36. The molecule has 2 fully saturated rings. The van der Waals surface area contributed by atoms with Crippen LogP contribution in [0.1, 0.15) is 6.42 Å². The van der Waals surface area contributed by atoms with Crippen molar-refractivity contribution in [3.8, 4) is 0 Å². The second-order valence-electron chi connectivity index (χ2n) is 3.89. The molecule has 0 spiro atoms. The summed E-state index contributed by atoms with van der Waals surface area (Å²) in [5.74, 6) is 2.41. The average Bonchev–Trinajstić information content (AvgIpc) is 2.31. The Kier molecular flexibility index (Phi) is 6.49. The number of halogens is 1. The molecule has 2 heterocycles. The number of thioether (sulfide) groups is 1. The van der Waals surface area contributed by atoms with Gasteiger partial charge in [0, 0.05) is 37.7 Å². The van der Waals surface area contributed by atoms with Crippen molar-refractivity contribution in [2.24, 2.45) is 0 Å². The summed E-state index contributed by atoms with van der Waals surface area (Å²) in [6, 6.07) is 0. The van der Waals surface area contributed by atoms with Gasteiger partial charge in [0.1, 0.15) is 0 Å². The van der Waals surface area contributed by atoms with Crippen molar-refractivity contribution >= 4 is 30.1 Å². The molecule has 0 bridgehead atoms. The number of carbonyl (C=O) groups excluding carboxylic acids is 1. The highest BCUT2D eigenvalue weighted by molar-refractivity contribution is 7.99. The van der Waals surface area contributed by atoms with Crippen molar-refractivity contribution in [2.45, 2.75) is 12.5 Å². The summed E-state index contributed by atoms with van der Waals surface area (Å²) in [7, 11) is 0. The number of hydrogen-bond acceptors (Lipinski definition) is 4. The van der Waals surface area contributed by atoms with Crippen LogP contribution >= 0.6 is 24.2 Å². The molecule has 1 N–H and O–H groups in total. The standard InChI is InChI=1S/C10H18N2O2S.ClH/c13-10(12-2-5-15-6-3-12)7-9-8-11-1-4-14-9;/h9,11H,1-8H2;1H. The summed E-state index contributed by atoms with van der Waals surface area (Å²) in [5, 5.41) is 3.24. The highest BCUT2D eigenvalue weighted by atomic mass is 35.5. The third-order valence-corrected chi connectivity index (χ3v) is 3.71. The summed E-state index contributed by atoms with van der Waals surface area (Å²) >= 11 is 1.92. The van der Waals surface area contributed by atoms with Crippen LogP contribution in [-0.2, 0) is 9.53 Å². The number of carbonyl (C=O) groups is 1. The van der Waals surface area contributed by atoms with Gasteiger partial charge < -0.3 is 15.0 Å². The van der Waals surface area contributed by atoms with E-state index in [1.165, 1.54) is 0 Å². The molecule has 2 aliphatic heterocycles. The van der Waals surface area contributed by atoms with Crippen LogP contribution in [-0.4, -0.2) is 61.2 Å². The lowest BCUT2D eigenvalue weighted by Crippen LogP contribution is -2.44. The minimum atomic E-state index is 0. The van der Waals surface area contributed by atoms with Gasteiger partial charge in [-0.3, -0.25) is 4.79 Å². The fourth-order valence-electron chi connectivity index (χ4n) is 1.89. The van der Waals surface area contributed by atoms with E-state index in [-0.39, 0.29) is 24.4 Å². The number of hydrogen-bond donors (Lipinski definition) is 1. The lowest BCUT2D eigenvalue weighted by atomic mass is 10.2. The van der Waals surface area contributed by atoms with Gasteiger partial charge in [-0.15, -0.1) is 12.4 Å². The minimum Gasteiger partial charge on any atom is -0.375 e. The molecule has 1 unspecified atom stereocenters. The van der Waals surface area contributed by atoms with E-state index >= 15 is 0 Å². The Labute approximate surface area is 107 Å². The molecule has 0 aromatic rings. The van der Waals surface area contributed by atoms with E-state index in [4.69, 9.17) is 4.74 Å². The molecule has 6 heteroatoms. The number of nitrogens with zero attached hydrogens (tertiary/aromatic N) is 1. The SMILES string of the molecule is Cl.O=C(CC1CNCCO1)N1CCSCC1. The first kappa shape index (κ1) is 14.1. The van der Waals surface area contributed by atoms with Gasteiger partial charge in [-0.1, -0.05) is 0 Å². The zero-order valence-corrected chi connectivity index (χ0v) is 10.9. The summed E-state index contributed by atoms with van der Waals surface area (Å²) in [5.41, 5.74) is 0. The largest absolute Gasteiger partial charge is 0.375 e. The maximum Gasteiger partial charge on any atom is 0.225 e. The summed E-state index contributed by atoms with van der Waals surface area (Å²) in [6.07, 6.45) is 0.623. The highest BCUT2D eigenvalue weighted by Gasteiger charge is 2.22. The fraction of sp³-hybridized carbons (Fsp3) is 0.900. The van der Waals surface area contributed by atoms with Gasteiger partial charge in [0.15, 0.2) is 0 Å². The van der Waals surface area contributed by atoms with Crippen molar-refractivity contribution in [3.05, 3.63) is 0 Å². The van der Waals surface area contributed by atoms with Crippen molar-refractivity contribution < 1.29 is 9.53 Å². The number of rotatable bonds is 2. The molecular weight excluding hydrogens is 248 g/mol. The van der Waals surface area contributed by atoms with Gasteiger partial charge >= 0.3 is 0 Å². The monoisotopic (exact) mass is 266 g/mol. The second kappa shape index (κ2) is 7.37. The predicted molar refractivity (Wildman–Crippen MR) is 68.4 cm³/mol. The molecule has 4 nitrogen and oxygen atoms in total. The van der Waals surface area contributed by atoms with E-state index in [0.717, 1.165) is 44.3 Å². The molecule has 0 aliphatic carbocycles.